The minimum atomic E-state index is -0.232. The molecule has 2 nitrogen and oxygen atoms in total. The van der Waals surface area contributed by atoms with Crippen LogP contribution in [-0.4, -0.2) is 4.98 Å². The van der Waals surface area contributed by atoms with E-state index in [0.29, 0.717) is 5.22 Å². The summed E-state index contributed by atoms with van der Waals surface area (Å²) in [6.07, 6.45) is 0. The standard InChI is InChI=1S/C23H18FNOS/c1-16(17-12-14-20(24)15-13-17)27-23-25-21(18-8-4-2-5-9-18)22(26-23)19-10-6-3-7-11-19/h2-16H,1H3/t16-/m0/s1. The van der Waals surface area contributed by atoms with Gasteiger partial charge in [0.05, 0.1) is 0 Å². The largest absolute Gasteiger partial charge is 0.431 e. The van der Waals surface area contributed by atoms with Gasteiger partial charge in [0.15, 0.2) is 5.76 Å². The van der Waals surface area contributed by atoms with Crippen LogP contribution in [0.15, 0.2) is 94.6 Å². The summed E-state index contributed by atoms with van der Waals surface area (Å²) in [7, 11) is 0. The van der Waals surface area contributed by atoms with E-state index < -0.39 is 0 Å². The maximum atomic E-state index is 13.2. The third-order valence-corrected chi connectivity index (χ3v) is 5.31. The van der Waals surface area contributed by atoms with Gasteiger partial charge in [0.1, 0.15) is 11.5 Å². The van der Waals surface area contributed by atoms with Crippen LogP contribution in [0.4, 0.5) is 4.39 Å². The highest BCUT2D eigenvalue weighted by Gasteiger charge is 2.19. The number of nitrogens with zero attached hydrogens (tertiary/aromatic N) is 1. The molecule has 4 heteroatoms. The lowest BCUT2D eigenvalue weighted by molar-refractivity contribution is 0.465. The lowest BCUT2D eigenvalue weighted by atomic mass is 10.1. The van der Waals surface area contributed by atoms with Crippen LogP contribution in [0, 0.1) is 5.82 Å². The molecule has 0 amide bonds. The molecule has 0 spiro atoms. The Bertz CT molecular complexity index is 956. The van der Waals surface area contributed by atoms with Gasteiger partial charge >= 0.3 is 0 Å². The molecule has 134 valence electrons. The van der Waals surface area contributed by atoms with Crippen LogP contribution in [-0.2, 0) is 0 Å². The van der Waals surface area contributed by atoms with E-state index in [9.17, 15) is 4.39 Å². The lowest BCUT2D eigenvalue weighted by Gasteiger charge is -2.08. The molecule has 0 bridgehead atoms. The number of hydrogen-bond donors (Lipinski definition) is 0. The Hall–Kier alpha value is -2.85. The molecule has 0 N–H and O–H groups in total. The monoisotopic (exact) mass is 375 g/mol. The number of hydrogen-bond acceptors (Lipinski definition) is 3. The number of thioether (sulfide) groups is 1. The molecule has 0 saturated carbocycles. The summed E-state index contributed by atoms with van der Waals surface area (Å²) >= 11 is 1.53. The van der Waals surface area contributed by atoms with Gasteiger partial charge in [-0.3, -0.25) is 0 Å². The third kappa shape index (κ3) is 3.96. The van der Waals surface area contributed by atoms with Gasteiger partial charge in [-0.1, -0.05) is 84.6 Å². The molecule has 0 aliphatic rings. The van der Waals surface area contributed by atoms with E-state index in [0.717, 1.165) is 28.1 Å². The molecule has 0 radical (unpaired) electrons. The summed E-state index contributed by atoms with van der Waals surface area (Å²) in [6.45, 7) is 2.06. The molecule has 0 saturated heterocycles. The molecular formula is C23H18FNOS. The van der Waals surface area contributed by atoms with Crippen molar-refractivity contribution in [2.45, 2.75) is 17.4 Å². The summed E-state index contributed by atoms with van der Waals surface area (Å²) < 4.78 is 19.3. The Morgan fingerprint density at radius 3 is 2.04 bits per heavy atom. The highest BCUT2D eigenvalue weighted by atomic mass is 32.2. The minimum Gasteiger partial charge on any atom is -0.431 e. The Labute approximate surface area is 162 Å². The van der Waals surface area contributed by atoms with Crippen molar-refractivity contribution in [1.29, 1.82) is 0 Å². The summed E-state index contributed by atoms with van der Waals surface area (Å²) in [6, 6.07) is 26.6. The van der Waals surface area contributed by atoms with Gasteiger partial charge in [0, 0.05) is 16.4 Å². The van der Waals surface area contributed by atoms with Crippen LogP contribution in [0.1, 0.15) is 17.7 Å². The number of benzene rings is 3. The van der Waals surface area contributed by atoms with Gasteiger partial charge < -0.3 is 4.42 Å². The highest BCUT2D eigenvalue weighted by Crippen LogP contribution is 2.40. The predicted octanol–water partition coefficient (Wildman–Crippen LogP) is 7.00. The first-order valence-corrected chi connectivity index (χ1v) is 9.62. The number of oxazole rings is 1. The van der Waals surface area contributed by atoms with Gasteiger partial charge in [-0.25, -0.2) is 9.37 Å². The average Bonchev–Trinajstić information content (AvgIpc) is 3.13. The van der Waals surface area contributed by atoms with E-state index in [-0.39, 0.29) is 11.1 Å². The first-order chi connectivity index (χ1) is 13.2. The van der Waals surface area contributed by atoms with Crippen molar-refractivity contribution >= 4 is 11.8 Å². The first kappa shape index (κ1) is 17.6. The zero-order valence-electron chi connectivity index (χ0n) is 14.8. The number of rotatable bonds is 5. The number of aromatic nitrogens is 1. The molecular weight excluding hydrogens is 357 g/mol. The third-order valence-electron chi connectivity index (χ3n) is 4.31. The van der Waals surface area contributed by atoms with E-state index in [4.69, 9.17) is 9.40 Å². The van der Waals surface area contributed by atoms with Gasteiger partial charge in [-0.05, 0) is 24.6 Å². The van der Waals surface area contributed by atoms with Crippen LogP contribution >= 0.6 is 11.8 Å². The summed E-state index contributed by atoms with van der Waals surface area (Å²) in [5.41, 5.74) is 3.87. The van der Waals surface area contributed by atoms with Gasteiger partial charge in [0.25, 0.3) is 5.22 Å². The second-order valence-corrected chi connectivity index (χ2v) is 7.49. The lowest BCUT2D eigenvalue weighted by Crippen LogP contribution is -1.88. The van der Waals surface area contributed by atoms with Crippen molar-refractivity contribution in [2.24, 2.45) is 0 Å². The van der Waals surface area contributed by atoms with Gasteiger partial charge in [0.2, 0.25) is 0 Å². The quantitative estimate of drug-likeness (QED) is 0.351. The highest BCUT2D eigenvalue weighted by molar-refractivity contribution is 7.99. The summed E-state index contributed by atoms with van der Waals surface area (Å²) in [5, 5.41) is 0.695. The maximum absolute atomic E-state index is 13.2. The molecule has 1 atom stereocenters. The minimum absolute atomic E-state index is 0.0940. The fourth-order valence-corrected chi connectivity index (χ4v) is 3.75. The molecule has 3 aromatic carbocycles. The van der Waals surface area contributed by atoms with E-state index >= 15 is 0 Å². The van der Waals surface area contributed by atoms with Crippen LogP contribution in [0.5, 0.6) is 0 Å². The zero-order chi connectivity index (χ0) is 18.6. The molecule has 4 aromatic rings. The number of halogens is 1. The van der Waals surface area contributed by atoms with E-state index in [1.54, 1.807) is 12.1 Å². The Morgan fingerprint density at radius 1 is 0.815 bits per heavy atom. The second-order valence-electron chi connectivity index (χ2n) is 6.20. The van der Waals surface area contributed by atoms with Crippen molar-refractivity contribution in [1.82, 2.24) is 4.98 Å². The Morgan fingerprint density at radius 2 is 1.41 bits per heavy atom. The summed E-state index contributed by atoms with van der Waals surface area (Å²) in [4.78, 5) is 4.76. The molecule has 0 fully saturated rings. The van der Waals surface area contributed by atoms with Gasteiger partial charge in [-0.15, -0.1) is 0 Å². The first-order valence-electron chi connectivity index (χ1n) is 8.74. The molecule has 27 heavy (non-hydrogen) atoms. The Balaban J connectivity index is 1.70. The van der Waals surface area contributed by atoms with Crippen molar-refractivity contribution in [3.8, 4) is 22.6 Å². The normalized spacial score (nSPS) is 12.1. The van der Waals surface area contributed by atoms with E-state index in [2.05, 4.69) is 6.92 Å². The molecule has 1 aromatic heterocycles. The SMILES string of the molecule is C[C@H](Sc1nc(-c2ccccc2)c(-c2ccccc2)o1)c1ccc(F)cc1. The van der Waals surface area contributed by atoms with Crippen LogP contribution in [0.3, 0.4) is 0 Å². The van der Waals surface area contributed by atoms with E-state index in [1.807, 2.05) is 60.7 Å². The fourth-order valence-electron chi connectivity index (χ4n) is 2.88. The zero-order valence-corrected chi connectivity index (χ0v) is 15.6. The van der Waals surface area contributed by atoms with Crippen molar-refractivity contribution in [2.75, 3.05) is 0 Å². The molecule has 0 aliphatic carbocycles. The second kappa shape index (κ2) is 7.80. The van der Waals surface area contributed by atoms with Crippen molar-refractivity contribution in [3.63, 3.8) is 0 Å². The smallest absolute Gasteiger partial charge is 0.257 e. The molecule has 1 heterocycles. The average molecular weight is 375 g/mol. The topological polar surface area (TPSA) is 26.0 Å². The van der Waals surface area contributed by atoms with E-state index in [1.165, 1.54) is 23.9 Å². The molecule has 0 aliphatic heterocycles. The molecule has 0 unspecified atom stereocenters. The fraction of sp³-hybridized carbons (Fsp3) is 0.0870. The predicted molar refractivity (Wildman–Crippen MR) is 108 cm³/mol. The van der Waals surface area contributed by atoms with Crippen molar-refractivity contribution < 1.29 is 8.81 Å². The van der Waals surface area contributed by atoms with Gasteiger partial charge in [-0.2, -0.15) is 0 Å². The van der Waals surface area contributed by atoms with Crippen LogP contribution < -0.4 is 0 Å². The molecule has 4 rings (SSSR count). The maximum Gasteiger partial charge on any atom is 0.257 e. The summed E-state index contributed by atoms with van der Waals surface area (Å²) in [5.74, 6) is 0.528. The van der Waals surface area contributed by atoms with Crippen LogP contribution in [0.25, 0.3) is 22.6 Å². The van der Waals surface area contributed by atoms with Crippen molar-refractivity contribution in [3.05, 3.63) is 96.3 Å². The van der Waals surface area contributed by atoms with Crippen LogP contribution in [0.2, 0.25) is 0 Å². The Kier molecular flexibility index (Phi) is 5.07.